The molecule has 0 radical (unpaired) electrons. The molecule has 0 amide bonds. The molecule has 0 aliphatic carbocycles. The Morgan fingerprint density at radius 3 is 1.88 bits per heavy atom. The minimum Gasteiger partial charge on any atom is -0.264 e. The average Bonchev–Trinajstić information content (AvgIpc) is 2.13. The van der Waals surface area contributed by atoms with Gasteiger partial charge in [-0.2, -0.15) is 0 Å². The van der Waals surface area contributed by atoms with Crippen LogP contribution in [0.1, 0.15) is 20.8 Å². The highest BCUT2D eigenvalue weighted by Crippen LogP contribution is 2.28. The van der Waals surface area contributed by atoms with Crippen molar-refractivity contribution in [2.75, 3.05) is 6.54 Å². The Balaban J connectivity index is 2.39. The zero-order valence-electron chi connectivity index (χ0n) is 5.61. The monoisotopic (exact) mass is 117 g/mol. The quantitative estimate of drug-likeness (QED) is 0.342. The molecule has 0 aromatic rings. The maximum atomic E-state index is 12.2. The van der Waals surface area contributed by atoms with Gasteiger partial charge in [0.05, 0.1) is 0 Å². The molecule has 1 rings (SSSR count). The van der Waals surface area contributed by atoms with Crippen LogP contribution in [0.25, 0.3) is 0 Å². The lowest BCUT2D eigenvalue weighted by atomic mass is 10.1. The summed E-state index contributed by atoms with van der Waals surface area (Å²) in [5, 5.41) is 0. The van der Waals surface area contributed by atoms with Crippen LogP contribution >= 0.6 is 0 Å². The summed E-state index contributed by atoms with van der Waals surface area (Å²) >= 11 is 0. The Kier molecular flexibility index (Phi) is 1.08. The van der Waals surface area contributed by atoms with Crippen molar-refractivity contribution in [1.29, 1.82) is 0 Å². The van der Waals surface area contributed by atoms with Crippen molar-refractivity contribution < 1.29 is 4.39 Å². The van der Waals surface area contributed by atoms with E-state index < -0.39 is 6.30 Å². The van der Waals surface area contributed by atoms with Crippen LogP contribution in [0.3, 0.4) is 0 Å². The molecule has 1 aliphatic heterocycles. The van der Waals surface area contributed by atoms with E-state index >= 15 is 0 Å². The van der Waals surface area contributed by atoms with Crippen LogP contribution in [-0.2, 0) is 0 Å². The summed E-state index contributed by atoms with van der Waals surface area (Å²) in [6, 6.07) is 0. The molecule has 2 heteroatoms. The maximum absolute atomic E-state index is 12.2. The van der Waals surface area contributed by atoms with Gasteiger partial charge >= 0.3 is 0 Å². The van der Waals surface area contributed by atoms with Gasteiger partial charge in [0, 0.05) is 12.1 Å². The molecular weight excluding hydrogens is 105 g/mol. The van der Waals surface area contributed by atoms with Gasteiger partial charge in [-0.15, -0.1) is 0 Å². The Morgan fingerprint density at radius 1 is 1.50 bits per heavy atom. The molecule has 48 valence electrons. The summed E-state index contributed by atoms with van der Waals surface area (Å²) in [5.41, 5.74) is 0.0411. The third-order valence-corrected chi connectivity index (χ3v) is 1.41. The van der Waals surface area contributed by atoms with Crippen LogP contribution in [0, 0.1) is 0 Å². The minimum atomic E-state index is -0.657. The van der Waals surface area contributed by atoms with Gasteiger partial charge in [-0.05, 0) is 20.8 Å². The van der Waals surface area contributed by atoms with Crippen LogP contribution < -0.4 is 0 Å². The van der Waals surface area contributed by atoms with E-state index in [0.717, 1.165) is 0 Å². The fraction of sp³-hybridized carbons (Fsp3) is 1.00. The summed E-state index contributed by atoms with van der Waals surface area (Å²) in [7, 11) is 0. The van der Waals surface area contributed by atoms with Crippen LogP contribution in [0.4, 0.5) is 4.39 Å². The van der Waals surface area contributed by atoms with Gasteiger partial charge in [-0.25, -0.2) is 4.39 Å². The van der Waals surface area contributed by atoms with Gasteiger partial charge in [-0.3, -0.25) is 4.90 Å². The molecular formula is C6H12FN. The SMILES string of the molecule is CC(C)(C)N1CC1F. The summed E-state index contributed by atoms with van der Waals surface area (Å²) in [6.45, 7) is 6.69. The smallest absolute Gasteiger partial charge is 0.167 e. The number of hydrogen-bond acceptors (Lipinski definition) is 1. The fourth-order valence-corrected chi connectivity index (χ4v) is 0.809. The van der Waals surface area contributed by atoms with E-state index in [0.29, 0.717) is 6.54 Å². The molecule has 0 spiro atoms. The van der Waals surface area contributed by atoms with Crippen molar-refractivity contribution in [2.24, 2.45) is 0 Å². The van der Waals surface area contributed by atoms with E-state index in [9.17, 15) is 4.39 Å². The van der Waals surface area contributed by atoms with Crippen LogP contribution in [0.2, 0.25) is 0 Å². The normalized spacial score (nSPS) is 37.5. The van der Waals surface area contributed by atoms with Gasteiger partial charge in [0.15, 0.2) is 6.30 Å². The molecule has 1 nitrogen and oxygen atoms in total. The Morgan fingerprint density at radius 2 is 1.88 bits per heavy atom. The summed E-state index contributed by atoms with van der Waals surface area (Å²) < 4.78 is 12.2. The van der Waals surface area contributed by atoms with Gasteiger partial charge in [0.2, 0.25) is 0 Å². The van der Waals surface area contributed by atoms with E-state index in [1.165, 1.54) is 0 Å². The number of halogens is 1. The maximum Gasteiger partial charge on any atom is 0.167 e. The minimum absolute atomic E-state index is 0.0411. The third-order valence-electron chi connectivity index (χ3n) is 1.41. The molecule has 1 fully saturated rings. The number of rotatable bonds is 0. The highest BCUT2D eigenvalue weighted by Gasteiger charge is 2.41. The van der Waals surface area contributed by atoms with Crippen LogP contribution in [0.15, 0.2) is 0 Å². The van der Waals surface area contributed by atoms with E-state index in [-0.39, 0.29) is 5.54 Å². The molecule has 0 N–H and O–H groups in total. The molecule has 0 aromatic carbocycles. The first-order chi connectivity index (χ1) is 3.52. The standard InChI is InChI=1S/C6H12FN/c1-6(2,3)8-4-5(8)7/h5H,4H2,1-3H3. The average molecular weight is 117 g/mol. The molecule has 1 heterocycles. The molecule has 2 atom stereocenters. The van der Waals surface area contributed by atoms with Crippen molar-refractivity contribution in [2.45, 2.75) is 32.6 Å². The topological polar surface area (TPSA) is 3.01 Å². The zero-order valence-corrected chi connectivity index (χ0v) is 5.61. The second kappa shape index (κ2) is 1.44. The predicted octanol–water partition coefficient (Wildman–Crippen LogP) is 1.40. The first-order valence-electron chi connectivity index (χ1n) is 2.92. The predicted molar refractivity (Wildman–Crippen MR) is 31.4 cm³/mol. The first-order valence-corrected chi connectivity index (χ1v) is 2.92. The van der Waals surface area contributed by atoms with Crippen LogP contribution in [-0.4, -0.2) is 23.3 Å². The van der Waals surface area contributed by atoms with Crippen LogP contribution in [0.5, 0.6) is 0 Å². The summed E-state index contributed by atoms with van der Waals surface area (Å²) in [6.07, 6.45) is -0.657. The lowest BCUT2D eigenvalue weighted by Gasteiger charge is -2.18. The molecule has 0 aromatic heterocycles. The lowest BCUT2D eigenvalue weighted by Crippen LogP contribution is -2.26. The van der Waals surface area contributed by atoms with E-state index in [4.69, 9.17) is 0 Å². The second-order valence-electron chi connectivity index (χ2n) is 3.26. The van der Waals surface area contributed by atoms with Crippen molar-refractivity contribution in [3.63, 3.8) is 0 Å². The molecule has 0 bridgehead atoms. The lowest BCUT2D eigenvalue weighted by molar-refractivity contribution is 0.228. The second-order valence-corrected chi connectivity index (χ2v) is 3.26. The number of alkyl halides is 1. The molecule has 1 aliphatic rings. The van der Waals surface area contributed by atoms with Gasteiger partial charge < -0.3 is 0 Å². The first kappa shape index (κ1) is 6.02. The summed E-state index contributed by atoms with van der Waals surface area (Å²) in [5.74, 6) is 0. The number of nitrogens with zero attached hydrogens (tertiary/aromatic N) is 1. The zero-order chi connectivity index (χ0) is 6.36. The summed E-state index contributed by atoms with van der Waals surface area (Å²) in [4.78, 5) is 1.81. The third kappa shape index (κ3) is 0.996. The van der Waals surface area contributed by atoms with E-state index in [1.54, 1.807) is 0 Å². The molecule has 0 saturated carbocycles. The van der Waals surface area contributed by atoms with Crippen molar-refractivity contribution >= 4 is 0 Å². The highest BCUT2D eigenvalue weighted by atomic mass is 19.1. The highest BCUT2D eigenvalue weighted by molar-refractivity contribution is 4.90. The Bertz CT molecular complexity index is 95.2. The molecule has 2 unspecified atom stereocenters. The Labute approximate surface area is 49.5 Å². The van der Waals surface area contributed by atoms with Crippen molar-refractivity contribution in [1.82, 2.24) is 4.90 Å². The van der Waals surface area contributed by atoms with Crippen molar-refractivity contribution in [3.05, 3.63) is 0 Å². The fourth-order valence-electron chi connectivity index (χ4n) is 0.809. The van der Waals surface area contributed by atoms with Gasteiger partial charge in [-0.1, -0.05) is 0 Å². The molecule has 8 heavy (non-hydrogen) atoms. The molecule has 1 saturated heterocycles. The Hall–Kier alpha value is -0.110. The van der Waals surface area contributed by atoms with Gasteiger partial charge in [0.1, 0.15) is 0 Å². The van der Waals surface area contributed by atoms with Crippen molar-refractivity contribution in [3.8, 4) is 0 Å². The largest absolute Gasteiger partial charge is 0.264 e. The van der Waals surface area contributed by atoms with E-state index in [1.807, 2.05) is 25.7 Å². The van der Waals surface area contributed by atoms with Gasteiger partial charge in [0.25, 0.3) is 0 Å². The number of hydrogen-bond donors (Lipinski definition) is 0. The van der Waals surface area contributed by atoms with E-state index in [2.05, 4.69) is 0 Å².